The third kappa shape index (κ3) is 7.46. The second kappa shape index (κ2) is 13.9. The zero-order valence-corrected chi connectivity index (χ0v) is 21.3. The van der Waals surface area contributed by atoms with Crippen LogP contribution in [0.25, 0.3) is 0 Å². The number of carbonyl (C=O) groups is 1. The number of nitrogens with one attached hydrogen (secondary N) is 1. The van der Waals surface area contributed by atoms with E-state index in [1.807, 2.05) is 13.8 Å². The molecule has 1 fully saturated rings. The van der Waals surface area contributed by atoms with Crippen molar-refractivity contribution in [3.8, 4) is 0 Å². The maximum absolute atomic E-state index is 15.4. The predicted octanol–water partition coefficient (Wildman–Crippen LogP) is 4.52. The number of aliphatic hydroxyl groups is 1. The van der Waals surface area contributed by atoms with Crippen LogP contribution >= 0.6 is 0 Å². The highest BCUT2D eigenvalue weighted by atomic mass is 19.3. The van der Waals surface area contributed by atoms with Crippen LogP contribution in [0.2, 0.25) is 0 Å². The predicted molar refractivity (Wildman–Crippen MR) is 129 cm³/mol. The summed E-state index contributed by atoms with van der Waals surface area (Å²) in [5.41, 5.74) is -0.916. The van der Waals surface area contributed by atoms with Crippen LogP contribution in [0.15, 0.2) is 17.1 Å². The molecule has 0 bridgehead atoms. The Morgan fingerprint density at radius 3 is 2.29 bits per heavy atom. The Morgan fingerprint density at radius 2 is 1.77 bits per heavy atom. The topological polar surface area (TPSA) is 103 Å². The minimum absolute atomic E-state index is 0.299. The van der Waals surface area contributed by atoms with Crippen molar-refractivity contribution in [2.75, 3.05) is 18.5 Å². The SMILES string of the molecule is CCCC(CCC)CNc1ccn([C@@H]2O[C@H](CO)[C@@H](OC(=O)C(CCC)CCC)C2(F)F)c(=O)n1. The molecule has 1 aliphatic rings. The minimum Gasteiger partial charge on any atom is -0.453 e. The van der Waals surface area contributed by atoms with Crippen LogP contribution in [0, 0.1) is 11.8 Å². The molecular weight excluding hydrogens is 460 g/mol. The van der Waals surface area contributed by atoms with Gasteiger partial charge < -0.3 is 19.9 Å². The van der Waals surface area contributed by atoms with E-state index in [1.165, 1.54) is 12.3 Å². The molecule has 1 aromatic rings. The van der Waals surface area contributed by atoms with E-state index in [9.17, 15) is 14.7 Å². The lowest BCUT2D eigenvalue weighted by Crippen LogP contribution is -2.45. The van der Waals surface area contributed by atoms with Gasteiger partial charge in [-0.1, -0.05) is 53.4 Å². The van der Waals surface area contributed by atoms with Gasteiger partial charge in [0.2, 0.25) is 6.23 Å². The summed E-state index contributed by atoms with van der Waals surface area (Å²) in [4.78, 5) is 29.2. The summed E-state index contributed by atoms with van der Waals surface area (Å²) in [5, 5.41) is 12.8. The normalized spacial score (nSPS) is 21.6. The van der Waals surface area contributed by atoms with Gasteiger partial charge in [0.1, 0.15) is 11.9 Å². The van der Waals surface area contributed by atoms with E-state index in [1.54, 1.807) is 0 Å². The number of ether oxygens (including phenoxy) is 2. The van der Waals surface area contributed by atoms with Crippen LogP contribution in [0.3, 0.4) is 0 Å². The van der Waals surface area contributed by atoms with Gasteiger partial charge in [-0.3, -0.25) is 9.36 Å². The quantitative estimate of drug-likeness (QED) is 0.341. The first kappa shape index (κ1) is 29.2. The number of aliphatic hydroxyl groups excluding tert-OH is 1. The number of carbonyl (C=O) groups excluding carboxylic acids is 1. The van der Waals surface area contributed by atoms with Gasteiger partial charge in [-0.05, 0) is 37.7 Å². The van der Waals surface area contributed by atoms with E-state index >= 15 is 8.78 Å². The van der Waals surface area contributed by atoms with E-state index in [4.69, 9.17) is 9.47 Å². The third-order valence-corrected chi connectivity index (χ3v) is 6.43. The van der Waals surface area contributed by atoms with E-state index in [-0.39, 0.29) is 0 Å². The Balaban J connectivity index is 2.18. The van der Waals surface area contributed by atoms with Gasteiger partial charge in [0, 0.05) is 12.7 Å². The van der Waals surface area contributed by atoms with Crippen molar-refractivity contribution in [3.05, 3.63) is 22.7 Å². The molecule has 0 saturated carbocycles. The van der Waals surface area contributed by atoms with Crippen LogP contribution in [0.4, 0.5) is 14.6 Å². The molecular formula is C25H41F2N3O5. The Hall–Kier alpha value is -2.07. The van der Waals surface area contributed by atoms with Crippen molar-refractivity contribution in [1.29, 1.82) is 0 Å². The monoisotopic (exact) mass is 501 g/mol. The number of esters is 1. The fourth-order valence-electron chi connectivity index (χ4n) is 4.66. The van der Waals surface area contributed by atoms with E-state index in [0.29, 0.717) is 48.5 Å². The number of hydrogen-bond donors (Lipinski definition) is 2. The Morgan fingerprint density at radius 1 is 1.17 bits per heavy atom. The molecule has 0 aliphatic carbocycles. The molecule has 8 nitrogen and oxygen atoms in total. The highest BCUT2D eigenvalue weighted by Gasteiger charge is 2.62. The summed E-state index contributed by atoms with van der Waals surface area (Å²) in [6.07, 6.45) is 2.32. The summed E-state index contributed by atoms with van der Waals surface area (Å²) < 4.78 is 42.0. The van der Waals surface area contributed by atoms with Crippen molar-refractivity contribution < 1.29 is 28.2 Å². The van der Waals surface area contributed by atoms with E-state index in [0.717, 1.165) is 25.7 Å². The maximum Gasteiger partial charge on any atom is 0.351 e. The Kier molecular flexibility index (Phi) is 11.6. The van der Waals surface area contributed by atoms with Crippen LogP contribution in [-0.2, 0) is 14.3 Å². The fourth-order valence-corrected chi connectivity index (χ4v) is 4.66. The molecule has 0 spiro atoms. The van der Waals surface area contributed by atoms with E-state index < -0.39 is 48.5 Å². The molecule has 1 saturated heterocycles. The average molecular weight is 502 g/mol. The van der Waals surface area contributed by atoms with Crippen LogP contribution < -0.4 is 11.0 Å². The summed E-state index contributed by atoms with van der Waals surface area (Å²) in [7, 11) is 0. The Labute approximate surface area is 206 Å². The number of halogens is 2. The highest BCUT2D eigenvalue weighted by Crippen LogP contribution is 2.44. The fraction of sp³-hybridized carbons (Fsp3) is 0.800. The Bertz CT molecular complexity index is 839. The number of aromatic nitrogens is 2. The highest BCUT2D eigenvalue weighted by molar-refractivity contribution is 5.72. The van der Waals surface area contributed by atoms with Crippen molar-refractivity contribution in [1.82, 2.24) is 9.55 Å². The lowest BCUT2D eigenvalue weighted by Gasteiger charge is -2.26. The first-order valence-electron chi connectivity index (χ1n) is 12.9. The number of alkyl halides is 2. The second-order valence-corrected chi connectivity index (χ2v) is 9.34. The number of nitrogens with zero attached hydrogens (tertiary/aromatic N) is 2. The lowest BCUT2D eigenvalue weighted by molar-refractivity contribution is -0.181. The summed E-state index contributed by atoms with van der Waals surface area (Å²) in [6, 6.07) is 1.45. The van der Waals surface area contributed by atoms with Gasteiger partial charge >= 0.3 is 17.6 Å². The molecule has 2 N–H and O–H groups in total. The van der Waals surface area contributed by atoms with Crippen LogP contribution in [0.5, 0.6) is 0 Å². The minimum atomic E-state index is -3.74. The molecule has 1 aromatic heterocycles. The zero-order valence-electron chi connectivity index (χ0n) is 21.3. The molecule has 0 aromatic carbocycles. The molecule has 0 unspecified atom stereocenters. The molecule has 2 heterocycles. The van der Waals surface area contributed by atoms with Gasteiger partial charge in [0.25, 0.3) is 0 Å². The third-order valence-electron chi connectivity index (χ3n) is 6.43. The van der Waals surface area contributed by atoms with Gasteiger partial charge in [-0.2, -0.15) is 13.8 Å². The van der Waals surface area contributed by atoms with Gasteiger partial charge in [0.05, 0.1) is 12.5 Å². The largest absolute Gasteiger partial charge is 0.453 e. The number of anilines is 1. The standard InChI is InChI=1S/C25H41F2N3O5/c1-5-9-17(10-6-2)15-28-20-13-14-30(24(33)29-20)23-25(26,27)21(19(16-31)34-23)35-22(32)18(11-7-3)12-8-4/h13-14,17-19,21,23,31H,5-12,15-16H2,1-4H3,(H,28,29,33)/t19-,21-,23-/m1/s1. The zero-order chi connectivity index (χ0) is 26.0. The molecule has 1 aliphatic heterocycles. The summed E-state index contributed by atoms with van der Waals surface area (Å²) in [6.45, 7) is 7.89. The molecule has 10 heteroatoms. The van der Waals surface area contributed by atoms with Gasteiger partial charge in [-0.25, -0.2) is 4.79 Å². The lowest BCUT2D eigenvalue weighted by atomic mass is 9.98. The maximum atomic E-state index is 15.4. The molecule has 35 heavy (non-hydrogen) atoms. The average Bonchev–Trinajstić information content (AvgIpc) is 3.07. The first-order valence-corrected chi connectivity index (χ1v) is 12.9. The van der Waals surface area contributed by atoms with Crippen LogP contribution in [0.1, 0.15) is 85.3 Å². The van der Waals surface area contributed by atoms with Crippen LogP contribution in [-0.4, -0.2) is 51.9 Å². The number of hydrogen-bond acceptors (Lipinski definition) is 7. The first-order chi connectivity index (χ1) is 16.7. The number of rotatable bonds is 15. The second-order valence-electron chi connectivity index (χ2n) is 9.34. The van der Waals surface area contributed by atoms with Gasteiger partial charge in [0.15, 0.2) is 6.10 Å². The van der Waals surface area contributed by atoms with Crippen molar-refractivity contribution in [3.63, 3.8) is 0 Å². The van der Waals surface area contributed by atoms with Crippen molar-refractivity contribution >= 4 is 11.8 Å². The van der Waals surface area contributed by atoms with Gasteiger partial charge in [-0.15, -0.1) is 0 Å². The molecule has 2 rings (SSSR count). The van der Waals surface area contributed by atoms with Crippen molar-refractivity contribution in [2.24, 2.45) is 11.8 Å². The smallest absolute Gasteiger partial charge is 0.351 e. The summed E-state index contributed by atoms with van der Waals surface area (Å²) >= 11 is 0. The molecule has 200 valence electrons. The van der Waals surface area contributed by atoms with E-state index in [2.05, 4.69) is 24.1 Å². The molecule has 3 atom stereocenters. The van der Waals surface area contributed by atoms with Crippen molar-refractivity contribution in [2.45, 2.75) is 103 Å². The molecule has 0 radical (unpaired) electrons. The summed E-state index contributed by atoms with van der Waals surface area (Å²) in [5.74, 6) is -4.24. The molecule has 0 amide bonds.